The van der Waals surface area contributed by atoms with E-state index < -0.39 is 11.6 Å². The molecule has 2 aromatic rings. The van der Waals surface area contributed by atoms with Gasteiger partial charge < -0.3 is 5.73 Å². The average molecular weight is 237 g/mol. The number of rotatable bonds is 2. The van der Waals surface area contributed by atoms with E-state index in [2.05, 4.69) is 5.10 Å². The van der Waals surface area contributed by atoms with Gasteiger partial charge >= 0.3 is 0 Å². The maximum Gasteiger partial charge on any atom is 0.159 e. The Bertz CT molecular complexity index is 561. The second kappa shape index (κ2) is 4.25. The van der Waals surface area contributed by atoms with Crippen molar-refractivity contribution < 1.29 is 8.78 Å². The highest BCUT2D eigenvalue weighted by Crippen LogP contribution is 2.27. The van der Waals surface area contributed by atoms with Crippen LogP contribution in [0.3, 0.4) is 0 Å². The number of aryl methyl sites for hydroxylation is 2. The summed E-state index contributed by atoms with van der Waals surface area (Å²) in [7, 11) is 1.78. The van der Waals surface area contributed by atoms with E-state index in [1.807, 2.05) is 6.92 Å². The molecule has 0 amide bonds. The number of nitrogens with zero attached hydrogens (tertiary/aromatic N) is 2. The predicted octanol–water partition coefficient (Wildman–Crippen LogP) is 2.13. The van der Waals surface area contributed by atoms with Crippen LogP contribution in [0.2, 0.25) is 0 Å². The summed E-state index contributed by atoms with van der Waals surface area (Å²) in [5.41, 5.74) is 8.55. The summed E-state index contributed by atoms with van der Waals surface area (Å²) < 4.78 is 27.7. The van der Waals surface area contributed by atoms with Crippen molar-refractivity contribution in [3.8, 4) is 11.1 Å². The van der Waals surface area contributed by atoms with Crippen LogP contribution in [-0.2, 0) is 13.6 Å². The fraction of sp³-hybridized carbons (Fsp3) is 0.250. The molecule has 0 bridgehead atoms. The molecule has 0 spiro atoms. The molecule has 0 aliphatic heterocycles. The lowest BCUT2D eigenvalue weighted by Gasteiger charge is -2.05. The van der Waals surface area contributed by atoms with Crippen molar-refractivity contribution in [1.29, 1.82) is 0 Å². The van der Waals surface area contributed by atoms with Gasteiger partial charge in [0.15, 0.2) is 11.6 Å². The molecule has 90 valence electrons. The van der Waals surface area contributed by atoms with Crippen LogP contribution in [0, 0.1) is 18.6 Å². The highest BCUT2D eigenvalue weighted by molar-refractivity contribution is 5.68. The van der Waals surface area contributed by atoms with E-state index in [1.165, 1.54) is 12.1 Å². The molecule has 0 aliphatic rings. The van der Waals surface area contributed by atoms with Gasteiger partial charge in [-0.2, -0.15) is 5.10 Å². The third-order valence-corrected chi connectivity index (χ3v) is 2.74. The van der Waals surface area contributed by atoms with Crippen LogP contribution in [0.15, 0.2) is 18.2 Å². The summed E-state index contributed by atoms with van der Waals surface area (Å²) in [5, 5.41) is 4.23. The molecule has 1 heterocycles. The maximum absolute atomic E-state index is 13.2. The molecule has 2 N–H and O–H groups in total. The molecule has 2 rings (SSSR count). The third-order valence-electron chi connectivity index (χ3n) is 2.74. The van der Waals surface area contributed by atoms with Crippen molar-refractivity contribution in [2.75, 3.05) is 0 Å². The third kappa shape index (κ3) is 1.93. The second-order valence-corrected chi connectivity index (χ2v) is 3.86. The molecular weight excluding hydrogens is 224 g/mol. The van der Waals surface area contributed by atoms with Gasteiger partial charge in [0, 0.05) is 19.2 Å². The minimum atomic E-state index is -0.867. The van der Waals surface area contributed by atoms with E-state index in [4.69, 9.17) is 5.73 Å². The number of aromatic nitrogens is 2. The molecular formula is C12H13F2N3. The highest BCUT2D eigenvalue weighted by Gasteiger charge is 2.15. The van der Waals surface area contributed by atoms with Crippen molar-refractivity contribution in [2.45, 2.75) is 13.5 Å². The Hall–Kier alpha value is -1.75. The van der Waals surface area contributed by atoms with E-state index in [-0.39, 0.29) is 0 Å². The standard InChI is InChI=1S/C12H13F2N3/c1-7-12(11(6-15)17(2)16-7)8-3-4-9(13)10(14)5-8/h3-5H,6,15H2,1-2H3. The Morgan fingerprint density at radius 1 is 1.29 bits per heavy atom. The summed E-state index contributed by atoms with van der Waals surface area (Å²) in [6, 6.07) is 3.80. The Kier molecular flexibility index (Phi) is 2.93. The monoisotopic (exact) mass is 237 g/mol. The molecule has 0 aliphatic carbocycles. The molecule has 3 nitrogen and oxygen atoms in total. The summed E-state index contributed by atoms with van der Waals surface area (Å²) in [4.78, 5) is 0. The second-order valence-electron chi connectivity index (χ2n) is 3.86. The first-order chi connectivity index (χ1) is 8.04. The fourth-order valence-electron chi connectivity index (χ4n) is 1.97. The largest absolute Gasteiger partial charge is 0.325 e. The number of hydrogen-bond donors (Lipinski definition) is 1. The summed E-state index contributed by atoms with van der Waals surface area (Å²) >= 11 is 0. The molecule has 0 saturated carbocycles. The van der Waals surface area contributed by atoms with Gasteiger partial charge in [-0.1, -0.05) is 6.07 Å². The maximum atomic E-state index is 13.2. The molecule has 0 radical (unpaired) electrons. The Morgan fingerprint density at radius 3 is 2.59 bits per heavy atom. The molecule has 5 heteroatoms. The van der Waals surface area contributed by atoms with Crippen LogP contribution in [0.4, 0.5) is 8.78 Å². The number of halogens is 2. The van der Waals surface area contributed by atoms with Crippen LogP contribution in [-0.4, -0.2) is 9.78 Å². The van der Waals surface area contributed by atoms with Gasteiger partial charge in [-0.3, -0.25) is 4.68 Å². The fourth-order valence-corrected chi connectivity index (χ4v) is 1.97. The van der Waals surface area contributed by atoms with Gasteiger partial charge in [-0.25, -0.2) is 8.78 Å². The van der Waals surface area contributed by atoms with Gasteiger partial charge in [0.05, 0.1) is 11.4 Å². The normalized spacial score (nSPS) is 10.9. The lowest BCUT2D eigenvalue weighted by atomic mass is 10.0. The lowest BCUT2D eigenvalue weighted by Crippen LogP contribution is -2.05. The zero-order valence-electron chi connectivity index (χ0n) is 9.67. The average Bonchev–Trinajstić information content (AvgIpc) is 2.57. The molecule has 0 unspecified atom stereocenters. The van der Waals surface area contributed by atoms with E-state index in [1.54, 1.807) is 11.7 Å². The van der Waals surface area contributed by atoms with Crippen molar-refractivity contribution in [2.24, 2.45) is 12.8 Å². The summed E-state index contributed by atoms with van der Waals surface area (Å²) in [6.45, 7) is 2.11. The van der Waals surface area contributed by atoms with Crippen LogP contribution >= 0.6 is 0 Å². The molecule has 0 fully saturated rings. The van der Waals surface area contributed by atoms with Crippen molar-refractivity contribution in [3.63, 3.8) is 0 Å². The summed E-state index contributed by atoms with van der Waals surface area (Å²) in [6.07, 6.45) is 0. The molecule has 1 aromatic heterocycles. The smallest absolute Gasteiger partial charge is 0.159 e. The Morgan fingerprint density at radius 2 is 2.00 bits per heavy atom. The first-order valence-corrected chi connectivity index (χ1v) is 5.22. The molecule has 1 aromatic carbocycles. The van der Waals surface area contributed by atoms with Gasteiger partial charge in [-0.15, -0.1) is 0 Å². The highest BCUT2D eigenvalue weighted by atomic mass is 19.2. The van der Waals surface area contributed by atoms with E-state index >= 15 is 0 Å². The number of nitrogens with two attached hydrogens (primary N) is 1. The van der Waals surface area contributed by atoms with Crippen molar-refractivity contribution in [1.82, 2.24) is 9.78 Å². The van der Waals surface area contributed by atoms with Gasteiger partial charge in [0.1, 0.15) is 0 Å². The minimum absolute atomic E-state index is 0.297. The van der Waals surface area contributed by atoms with Gasteiger partial charge in [0.2, 0.25) is 0 Å². The molecule has 0 atom stereocenters. The Labute approximate surface area is 97.9 Å². The van der Waals surface area contributed by atoms with Crippen molar-refractivity contribution >= 4 is 0 Å². The topological polar surface area (TPSA) is 43.8 Å². The number of benzene rings is 1. The van der Waals surface area contributed by atoms with Gasteiger partial charge in [-0.05, 0) is 24.6 Å². The van der Waals surface area contributed by atoms with Crippen LogP contribution in [0.25, 0.3) is 11.1 Å². The molecule has 17 heavy (non-hydrogen) atoms. The lowest BCUT2D eigenvalue weighted by molar-refractivity contribution is 0.509. The van der Waals surface area contributed by atoms with Crippen LogP contribution in [0.1, 0.15) is 11.4 Å². The van der Waals surface area contributed by atoms with Crippen molar-refractivity contribution in [3.05, 3.63) is 41.2 Å². The zero-order chi connectivity index (χ0) is 12.6. The first kappa shape index (κ1) is 11.7. The quantitative estimate of drug-likeness (QED) is 0.869. The van der Waals surface area contributed by atoms with Crippen LogP contribution in [0.5, 0.6) is 0 Å². The van der Waals surface area contributed by atoms with Gasteiger partial charge in [0.25, 0.3) is 0 Å². The predicted molar refractivity (Wildman–Crippen MR) is 61.2 cm³/mol. The summed E-state index contributed by atoms with van der Waals surface area (Å²) in [5.74, 6) is -1.72. The van der Waals surface area contributed by atoms with Crippen LogP contribution < -0.4 is 5.73 Å². The molecule has 0 saturated heterocycles. The SMILES string of the molecule is Cc1nn(C)c(CN)c1-c1ccc(F)c(F)c1. The zero-order valence-corrected chi connectivity index (χ0v) is 9.67. The Balaban J connectivity index is 2.63. The van der Waals surface area contributed by atoms with E-state index in [0.29, 0.717) is 12.1 Å². The van der Waals surface area contributed by atoms with E-state index in [0.717, 1.165) is 23.0 Å². The van der Waals surface area contributed by atoms with E-state index in [9.17, 15) is 8.78 Å². The number of hydrogen-bond acceptors (Lipinski definition) is 2. The minimum Gasteiger partial charge on any atom is -0.325 e. The first-order valence-electron chi connectivity index (χ1n) is 5.22.